The average molecular weight is 298 g/mol. The molecule has 0 heterocycles. The number of carbonyl (C=O) groups is 2. The first-order valence-corrected chi connectivity index (χ1v) is 8.83. The van der Waals surface area contributed by atoms with Gasteiger partial charge < -0.3 is 0 Å². The second-order valence-corrected chi connectivity index (χ2v) is 8.54. The summed E-state index contributed by atoms with van der Waals surface area (Å²) in [6.07, 6.45) is 8.54. The lowest BCUT2D eigenvalue weighted by Gasteiger charge is -2.57. The summed E-state index contributed by atoms with van der Waals surface area (Å²) in [6.45, 7) is 8.89. The van der Waals surface area contributed by atoms with E-state index in [1.165, 1.54) is 11.1 Å². The molecule has 5 atom stereocenters. The topological polar surface area (TPSA) is 34.1 Å². The van der Waals surface area contributed by atoms with Gasteiger partial charge in [0.1, 0.15) is 5.78 Å². The van der Waals surface area contributed by atoms with E-state index >= 15 is 0 Å². The van der Waals surface area contributed by atoms with Crippen molar-refractivity contribution in [1.82, 2.24) is 0 Å². The first kappa shape index (κ1) is 14.4. The smallest absolute Gasteiger partial charge is 0.156 e. The standard InChI is InChI=1S/C20H26O2/c1-12-10-14-15-4-5-18(22)20(15,3)9-7-16(14)19(2)8-6-13(21)11-17(12)19/h11,14-16H,1,4-10H2,2-3H3/t14-,15-,16-,19-,20+/m1/s1. The fourth-order valence-electron chi connectivity index (χ4n) is 6.34. The SMILES string of the molecule is C=C1C[C@H]2[C@@H](CC[C@]3(C)C(=O)CC[C@H]23)[C@@]2(C)CCC(=O)C=C12. The third-order valence-corrected chi connectivity index (χ3v) is 7.64. The Morgan fingerprint density at radius 1 is 1.05 bits per heavy atom. The van der Waals surface area contributed by atoms with Crippen molar-refractivity contribution in [2.45, 2.75) is 58.8 Å². The highest BCUT2D eigenvalue weighted by Gasteiger charge is 2.59. The van der Waals surface area contributed by atoms with Gasteiger partial charge in [-0.15, -0.1) is 0 Å². The molecule has 3 saturated carbocycles. The molecule has 0 N–H and O–H groups in total. The normalized spacial score (nSPS) is 47.6. The van der Waals surface area contributed by atoms with Crippen molar-refractivity contribution in [3.05, 3.63) is 23.8 Å². The van der Waals surface area contributed by atoms with Crippen LogP contribution < -0.4 is 0 Å². The molecule has 0 aromatic heterocycles. The molecule has 0 radical (unpaired) electrons. The van der Waals surface area contributed by atoms with Crippen LogP contribution in [0.1, 0.15) is 58.8 Å². The molecule has 0 bridgehead atoms. The predicted molar refractivity (Wildman–Crippen MR) is 86.2 cm³/mol. The number of rotatable bonds is 0. The van der Waals surface area contributed by atoms with Gasteiger partial charge in [-0.25, -0.2) is 0 Å². The molecular formula is C20H26O2. The molecule has 118 valence electrons. The van der Waals surface area contributed by atoms with E-state index < -0.39 is 0 Å². The minimum atomic E-state index is -0.0799. The summed E-state index contributed by atoms with van der Waals surface area (Å²) in [5.74, 6) is 2.51. The van der Waals surface area contributed by atoms with Crippen molar-refractivity contribution in [2.75, 3.05) is 0 Å². The van der Waals surface area contributed by atoms with E-state index in [-0.39, 0.29) is 16.6 Å². The van der Waals surface area contributed by atoms with E-state index in [0.717, 1.165) is 38.5 Å². The fourth-order valence-corrected chi connectivity index (χ4v) is 6.34. The van der Waals surface area contributed by atoms with Gasteiger partial charge in [0.15, 0.2) is 5.78 Å². The molecule has 4 rings (SSSR count). The average Bonchev–Trinajstić information content (AvgIpc) is 2.77. The van der Waals surface area contributed by atoms with E-state index in [1.54, 1.807) is 0 Å². The molecule has 2 nitrogen and oxygen atoms in total. The number of hydrogen-bond acceptors (Lipinski definition) is 2. The summed E-state index contributed by atoms with van der Waals surface area (Å²) in [5.41, 5.74) is 2.43. The van der Waals surface area contributed by atoms with Gasteiger partial charge in [0.25, 0.3) is 0 Å². The van der Waals surface area contributed by atoms with Crippen LogP contribution in [-0.2, 0) is 9.59 Å². The van der Waals surface area contributed by atoms with Crippen LogP contribution in [0.4, 0.5) is 0 Å². The third-order valence-electron chi connectivity index (χ3n) is 7.64. The summed E-state index contributed by atoms with van der Waals surface area (Å²) in [7, 11) is 0. The molecule has 0 saturated heterocycles. The van der Waals surface area contributed by atoms with Crippen molar-refractivity contribution in [3.63, 3.8) is 0 Å². The molecule has 4 aliphatic rings. The molecule has 0 spiro atoms. The molecule has 0 aliphatic heterocycles. The minimum absolute atomic E-state index is 0.0799. The van der Waals surface area contributed by atoms with Crippen molar-refractivity contribution in [3.8, 4) is 0 Å². The van der Waals surface area contributed by atoms with Crippen LogP contribution in [0.2, 0.25) is 0 Å². The van der Waals surface area contributed by atoms with Crippen LogP contribution >= 0.6 is 0 Å². The molecule has 0 amide bonds. The summed E-state index contributed by atoms with van der Waals surface area (Å²) in [6, 6.07) is 0. The second-order valence-electron chi connectivity index (χ2n) is 8.54. The maximum absolute atomic E-state index is 12.4. The van der Waals surface area contributed by atoms with E-state index in [0.29, 0.717) is 30.0 Å². The van der Waals surface area contributed by atoms with Crippen LogP contribution in [0, 0.1) is 28.6 Å². The number of carbonyl (C=O) groups excluding carboxylic acids is 2. The largest absolute Gasteiger partial charge is 0.299 e. The van der Waals surface area contributed by atoms with E-state index in [9.17, 15) is 9.59 Å². The highest BCUT2D eigenvalue weighted by atomic mass is 16.1. The number of hydrogen-bond donors (Lipinski definition) is 0. The van der Waals surface area contributed by atoms with Crippen LogP contribution in [0.5, 0.6) is 0 Å². The van der Waals surface area contributed by atoms with Gasteiger partial charge >= 0.3 is 0 Å². The van der Waals surface area contributed by atoms with E-state index in [4.69, 9.17) is 0 Å². The molecular weight excluding hydrogens is 272 g/mol. The van der Waals surface area contributed by atoms with Crippen molar-refractivity contribution in [1.29, 1.82) is 0 Å². The Balaban J connectivity index is 1.76. The Hall–Kier alpha value is -1.18. The fraction of sp³-hybridized carbons (Fsp3) is 0.700. The first-order valence-electron chi connectivity index (χ1n) is 8.83. The minimum Gasteiger partial charge on any atom is -0.299 e. The van der Waals surface area contributed by atoms with Crippen LogP contribution in [-0.4, -0.2) is 11.6 Å². The Kier molecular flexibility index (Phi) is 2.90. The first-order chi connectivity index (χ1) is 10.4. The maximum atomic E-state index is 12.4. The van der Waals surface area contributed by atoms with Gasteiger partial charge in [0.05, 0.1) is 0 Å². The van der Waals surface area contributed by atoms with E-state index in [2.05, 4.69) is 20.4 Å². The number of ketones is 2. The molecule has 4 aliphatic carbocycles. The summed E-state index contributed by atoms with van der Waals surface area (Å²) < 4.78 is 0. The lowest BCUT2D eigenvalue weighted by Crippen LogP contribution is -2.51. The lowest BCUT2D eigenvalue weighted by molar-refractivity contribution is -0.132. The van der Waals surface area contributed by atoms with Crippen LogP contribution in [0.15, 0.2) is 23.8 Å². The Morgan fingerprint density at radius 3 is 2.55 bits per heavy atom. The Morgan fingerprint density at radius 2 is 1.77 bits per heavy atom. The highest BCUT2D eigenvalue weighted by Crippen LogP contribution is 2.65. The third kappa shape index (κ3) is 1.67. The van der Waals surface area contributed by atoms with Crippen molar-refractivity contribution >= 4 is 11.6 Å². The number of allylic oxidation sites excluding steroid dienone is 2. The molecule has 0 aromatic rings. The zero-order valence-electron chi connectivity index (χ0n) is 13.8. The lowest BCUT2D eigenvalue weighted by atomic mass is 9.47. The molecule has 22 heavy (non-hydrogen) atoms. The maximum Gasteiger partial charge on any atom is 0.156 e. The van der Waals surface area contributed by atoms with Gasteiger partial charge in [-0.2, -0.15) is 0 Å². The summed E-state index contributed by atoms with van der Waals surface area (Å²) >= 11 is 0. The zero-order valence-corrected chi connectivity index (χ0v) is 13.8. The Bertz CT molecular complexity index is 613. The second kappa shape index (κ2) is 4.43. The highest BCUT2D eigenvalue weighted by molar-refractivity contribution is 5.92. The van der Waals surface area contributed by atoms with Crippen LogP contribution in [0.3, 0.4) is 0 Å². The van der Waals surface area contributed by atoms with Gasteiger partial charge in [0, 0.05) is 18.3 Å². The summed E-state index contributed by atoms with van der Waals surface area (Å²) in [5, 5.41) is 0. The quantitative estimate of drug-likeness (QED) is 0.670. The molecule has 0 unspecified atom stereocenters. The van der Waals surface area contributed by atoms with Gasteiger partial charge in [-0.05, 0) is 66.9 Å². The molecule has 2 heteroatoms. The predicted octanol–water partition coefficient (Wildman–Crippen LogP) is 4.25. The van der Waals surface area contributed by atoms with Gasteiger partial charge in [-0.1, -0.05) is 26.0 Å². The number of Topliss-reactive ketones (excluding diaryl/α,β-unsaturated/α-hetero) is 1. The zero-order chi connectivity index (χ0) is 15.7. The molecule has 0 aromatic carbocycles. The monoisotopic (exact) mass is 298 g/mol. The Labute approximate surface area is 133 Å². The molecule has 3 fully saturated rings. The van der Waals surface area contributed by atoms with Gasteiger partial charge in [0.2, 0.25) is 0 Å². The van der Waals surface area contributed by atoms with Crippen molar-refractivity contribution in [2.24, 2.45) is 28.6 Å². The van der Waals surface area contributed by atoms with Crippen molar-refractivity contribution < 1.29 is 9.59 Å². The summed E-state index contributed by atoms with van der Waals surface area (Å²) in [4.78, 5) is 24.3. The van der Waals surface area contributed by atoms with Crippen LogP contribution in [0.25, 0.3) is 0 Å². The van der Waals surface area contributed by atoms with E-state index in [1.807, 2.05) is 6.08 Å². The van der Waals surface area contributed by atoms with Gasteiger partial charge in [-0.3, -0.25) is 9.59 Å². The number of fused-ring (bicyclic) bond motifs is 5.